The SMILES string of the molecule is Cc1c(C(=O)N2C[C@H]3CC[C@@H](C2)N(CC2CC2)C3)[nH]c2ccc(F)cc12. The van der Waals surface area contributed by atoms with Gasteiger partial charge in [-0.1, -0.05) is 0 Å². The Bertz CT molecular complexity index is 856. The van der Waals surface area contributed by atoms with Crippen molar-refractivity contribution in [2.24, 2.45) is 11.8 Å². The van der Waals surface area contributed by atoms with Crippen molar-refractivity contribution in [2.45, 2.75) is 38.6 Å². The number of aryl methyl sites for hydroxylation is 1. The molecule has 3 aliphatic heterocycles. The second kappa shape index (κ2) is 6.08. The van der Waals surface area contributed by atoms with Gasteiger partial charge in [-0.05, 0) is 68.2 Å². The van der Waals surface area contributed by atoms with E-state index in [1.807, 2.05) is 11.8 Å². The summed E-state index contributed by atoms with van der Waals surface area (Å²) >= 11 is 0. The Kier molecular flexibility index (Phi) is 3.82. The Morgan fingerprint density at radius 1 is 1.19 bits per heavy atom. The molecule has 3 saturated heterocycles. The van der Waals surface area contributed by atoms with E-state index in [9.17, 15) is 9.18 Å². The molecule has 4 nitrogen and oxygen atoms in total. The summed E-state index contributed by atoms with van der Waals surface area (Å²) in [6, 6.07) is 5.17. The zero-order valence-corrected chi connectivity index (χ0v) is 15.3. The Morgan fingerprint density at radius 3 is 2.85 bits per heavy atom. The van der Waals surface area contributed by atoms with Crippen LogP contribution in [-0.2, 0) is 0 Å². The van der Waals surface area contributed by atoms with Crippen molar-refractivity contribution in [1.82, 2.24) is 14.8 Å². The largest absolute Gasteiger partial charge is 0.350 e. The van der Waals surface area contributed by atoms with Gasteiger partial charge in [0.05, 0.1) is 0 Å². The number of H-pyrrole nitrogens is 1. The van der Waals surface area contributed by atoms with E-state index in [1.165, 1.54) is 44.4 Å². The quantitative estimate of drug-likeness (QED) is 0.914. The van der Waals surface area contributed by atoms with Crippen LogP contribution in [-0.4, -0.2) is 52.9 Å². The maximum Gasteiger partial charge on any atom is 0.270 e. The number of fused-ring (bicyclic) bond motifs is 5. The fraction of sp³-hybridized carbons (Fsp3) is 0.571. The summed E-state index contributed by atoms with van der Waals surface area (Å²) < 4.78 is 13.6. The van der Waals surface area contributed by atoms with Gasteiger partial charge in [0, 0.05) is 43.1 Å². The molecule has 5 heteroatoms. The van der Waals surface area contributed by atoms with Gasteiger partial charge in [0.1, 0.15) is 11.5 Å². The summed E-state index contributed by atoms with van der Waals surface area (Å²) in [5.41, 5.74) is 2.32. The first-order valence-corrected chi connectivity index (χ1v) is 9.89. The molecule has 26 heavy (non-hydrogen) atoms. The average molecular weight is 355 g/mol. The van der Waals surface area contributed by atoms with Crippen LogP contribution in [0.3, 0.4) is 0 Å². The van der Waals surface area contributed by atoms with E-state index in [4.69, 9.17) is 0 Å². The van der Waals surface area contributed by atoms with Crippen molar-refractivity contribution in [3.63, 3.8) is 0 Å². The van der Waals surface area contributed by atoms with Crippen LogP contribution in [0.1, 0.15) is 41.7 Å². The van der Waals surface area contributed by atoms with E-state index >= 15 is 0 Å². The maximum absolute atomic E-state index is 13.6. The number of benzene rings is 1. The van der Waals surface area contributed by atoms with Crippen LogP contribution in [0.15, 0.2) is 18.2 Å². The third kappa shape index (κ3) is 2.82. The van der Waals surface area contributed by atoms with Crippen LogP contribution in [0.4, 0.5) is 4.39 Å². The second-order valence-corrected chi connectivity index (χ2v) is 8.52. The number of piperidine rings is 1. The molecule has 1 aliphatic carbocycles. The minimum absolute atomic E-state index is 0.0734. The molecule has 1 aromatic carbocycles. The molecule has 138 valence electrons. The lowest BCUT2D eigenvalue weighted by molar-refractivity contribution is 0.0731. The molecule has 2 atom stereocenters. The highest BCUT2D eigenvalue weighted by Crippen LogP contribution is 2.35. The van der Waals surface area contributed by atoms with Gasteiger partial charge in [0.15, 0.2) is 0 Å². The van der Waals surface area contributed by atoms with Gasteiger partial charge in [-0.3, -0.25) is 9.69 Å². The zero-order valence-electron chi connectivity index (χ0n) is 15.3. The molecule has 0 radical (unpaired) electrons. The smallest absolute Gasteiger partial charge is 0.270 e. The zero-order chi connectivity index (χ0) is 17.8. The monoisotopic (exact) mass is 355 g/mol. The first-order valence-electron chi connectivity index (χ1n) is 9.89. The summed E-state index contributed by atoms with van der Waals surface area (Å²) in [5.74, 6) is 1.29. The number of aromatic nitrogens is 1. The number of nitrogens with zero attached hydrogens (tertiary/aromatic N) is 2. The summed E-state index contributed by atoms with van der Waals surface area (Å²) in [7, 11) is 0. The van der Waals surface area contributed by atoms with Gasteiger partial charge in [0.2, 0.25) is 0 Å². The topological polar surface area (TPSA) is 39.3 Å². The molecular weight excluding hydrogens is 329 g/mol. The van der Waals surface area contributed by atoms with Crippen LogP contribution >= 0.6 is 0 Å². The molecule has 0 unspecified atom stereocenters. The first-order chi connectivity index (χ1) is 12.6. The lowest BCUT2D eigenvalue weighted by atomic mass is 9.95. The summed E-state index contributed by atoms with van der Waals surface area (Å²) in [4.78, 5) is 21.2. The fourth-order valence-electron chi connectivity index (χ4n) is 4.87. The molecule has 1 N–H and O–H groups in total. The number of carbonyl (C=O) groups excluding carboxylic acids is 1. The minimum atomic E-state index is -0.262. The molecular formula is C21H26FN3O. The molecule has 4 fully saturated rings. The van der Waals surface area contributed by atoms with Crippen LogP contribution in [0.2, 0.25) is 0 Å². The van der Waals surface area contributed by atoms with Crippen molar-refractivity contribution in [1.29, 1.82) is 0 Å². The predicted molar refractivity (Wildman–Crippen MR) is 99.7 cm³/mol. The van der Waals surface area contributed by atoms with Gasteiger partial charge in [-0.15, -0.1) is 0 Å². The van der Waals surface area contributed by atoms with Crippen molar-refractivity contribution in [3.8, 4) is 0 Å². The summed E-state index contributed by atoms with van der Waals surface area (Å²) in [6.45, 7) is 5.94. The third-order valence-electron chi connectivity index (χ3n) is 6.54. The number of carbonyl (C=O) groups is 1. The molecule has 4 aliphatic rings. The number of halogens is 1. The molecule has 1 saturated carbocycles. The van der Waals surface area contributed by atoms with Crippen LogP contribution in [0.5, 0.6) is 0 Å². The molecule has 6 rings (SSSR count). The molecule has 2 bridgehead atoms. The number of hydrogen-bond donors (Lipinski definition) is 1. The van der Waals surface area contributed by atoms with E-state index < -0.39 is 0 Å². The number of aromatic amines is 1. The molecule has 1 amide bonds. The Balaban J connectivity index is 1.41. The van der Waals surface area contributed by atoms with E-state index in [1.54, 1.807) is 6.07 Å². The van der Waals surface area contributed by atoms with Crippen molar-refractivity contribution < 1.29 is 9.18 Å². The maximum atomic E-state index is 13.6. The normalized spacial score (nSPS) is 26.5. The van der Waals surface area contributed by atoms with Crippen LogP contribution < -0.4 is 0 Å². The van der Waals surface area contributed by atoms with E-state index in [-0.39, 0.29) is 11.7 Å². The van der Waals surface area contributed by atoms with Gasteiger partial charge < -0.3 is 9.88 Å². The Morgan fingerprint density at radius 2 is 2.04 bits per heavy atom. The second-order valence-electron chi connectivity index (χ2n) is 8.52. The lowest BCUT2D eigenvalue weighted by Gasteiger charge is -2.36. The molecule has 4 heterocycles. The Hall–Kier alpha value is -1.88. The summed E-state index contributed by atoms with van der Waals surface area (Å²) in [6.07, 6.45) is 5.19. The van der Waals surface area contributed by atoms with Gasteiger partial charge >= 0.3 is 0 Å². The van der Waals surface area contributed by atoms with E-state index in [0.29, 0.717) is 17.7 Å². The van der Waals surface area contributed by atoms with Crippen LogP contribution in [0, 0.1) is 24.6 Å². The van der Waals surface area contributed by atoms with Crippen molar-refractivity contribution >= 4 is 16.8 Å². The van der Waals surface area contributed by atoms with Gasteiger partial charge in [-0.2, -0.15) is 0 Å². The standard InChI is InChI=1S/C21H26FN3O/c1-13-18-8-16(22)5-7-19(18)23-20(13)21(26)25-11-15-4-6-17(12-25)24(10-15)9-14-2-3-14/h5,7-8,14-15,17,23H,2-4,6,9-12H2,1H3/t15-,17-/m0/s1. The van der Waals surface area contributed by atoms with Crippen LogP contribution in [0.25, 0.3) is 10.9 Å². The van der Waals surface area contributed by atoms with Gasteiger partial charge in [0.25, 0.3) is 5.91 Å². The lowest BCUT2D eigenvalue weighted by Crippen LogP contribution is -2.45. The number of rotatable bonds is 3. The van der Waals surface area contributed by atoms with Crippen molar-refractivity contribution in [3.05, 3.63) is 35.3 Å². The average Bonchev–Trinajstić information content (AvgIpc) is 3.43. The number of hydrogen-bond acceptors (Lipinski definition) is 2. The fourth-order valence-corrected chi connectivity index (χ4v) is 4.87. The highest BCUT2D eigenvalue weighted by atomic mass is 19.1. The Labute approximate surface area is 153 Å². The molecule has 0 spiro atoms. The summed E-state index contributed by atoms with van der Waals surface area (Å²) in [5, 5.41) is 0.807. The number of amides is 1. The highest BCUT2D eigenvalue weighted by Gasteiger charge is 2.39. The van der Waals surface area contributed by atoms with Crippen molar-refractivity contribution in [2.75, 3.05) is 26.2 Å². The molecule has 2 aromatic rings. The van der Waals surface area contributed by atoms with Gasteiger partial charge in [-0.25, -0.2) is 4.39 Å². The first kappa shape index (κ1) is 16.3. The number of nitrogens with one attached hydrogen (secondary N) is 1. The highest BCUT2D eigenvalue weighted by molar-refractivity contribution is 6.01. The minimum Gasteiger partial charge on any atom is -0.350 e. The third-order valence-corrected chi connectivity index (χ3v) is 6.54. The van der Waals surface area contributed by atoms with E-state index in [0.717, 1.165) is 42.0 Å². The molecule has 1 aromatic heterocycles. The van der Waals surface area contributed by atoms with E-state index in [2.05, 4.69) is 9.88 Å². The predicted octanol–water partition coefficient (Wildman–Crippen LogP) is 3.56.